The lowest BCUT2D eigenvalue weighted by atomic mass is 9.98. The largest absolute Gasteiger partial charge is 0.466 e. The first-order chi connectivity index (χ1) is 34.3. The van der Waals surface area contributed by atoms with Gasteiger partial charge in [0.25, 0.3) is 23.6 Å². The average molecular weight is 1010 g/mol. The molecule has 0 aromatic heterocycles. The molecule has 0 spiro atoms. The van der Waals surface area contributed by atoms with Crippen LogP contribution in [0.3, 0.4) is 0 Å². The molecule has 0 saturated heterocycles. The maximum Gasteiger partial charge on any atom is 0.408 e. The van der Waals surface area contributed by atoms with Crippen LogP contribution in [0.25, 0.3) is 11.1 Å². The molecule has 0 radical (unpaired) electrons. The van der Waals surface area contributed by atoms with Crippen molar-refractivity contribution in [3.63, 3.8) is 0 Å². The van der Waals surface area contributed by atoms with Crippen LogP contribution in [-0.4, -0.2) is 165 Å². The zero-order valence-electron chi connectivity index (χ0n) is 40.8. The Labute approximate surface area is 415 Å². The van der Waals surface area contributed by atoms with Gasteiger partial charge in [0, 0.05) is 12.5 Å². The van der Waals surface area contributed by atoms with Crippen molar-refractivity contribution in [2.24, 2.45) is 0 Å². The fraction of sp³-hybridized carbons (Fsp3) is 0.447. The van der Waals surface area contributed by atoms with Gasteiger partial charge in [-0.3, -0.25) is 55.9 Å². The van der Waals surface area contributed by atoms with Crippen molar-refractivity contribution in [3.8, 4) is 11.1 Å². The molecule has 0 unspecified atom stereocenters. The van der Waals surface area contributed by atoms with Gasteiger partial charge in [0.05, 0.1) is 37.3 Å². The Balaban J connectivity index is 1.92. The van der Waals surface area contributed by atoms with E-state index >= 15 is 0 Å². The fourth-order valence-electron chi connectivity index (χ4n) is 7.09. The van der Waals surface area contributed by atoms with Crippen molar-refractivity contribution < 1.29 is 67.0 Å². The second-order valence-electron chi connectivity index (χ2n) is 16.6. The number of hydrogen-bond donors (Lipinski definition) is 10. The van der Waals surface area contributed by atoms with Crippen LogP contribution in [-0.2, 0) is 62.2 Å². The van der Waals surface area contributed by atoms with Gasteiger partial charge in [-0.1, -0.05) is 54.6 Å². The van der Waals surface area contributed by atoms with Crippen molar-refractivity contribution in [2.45, 2.75) is 115 Å². The van der Waals surface area contributed by atoms with E-state index in [0.29, 0.717) is 31.4 Å². The van der Waals surface area contributed by atoms with E-state index in [2.05, 4.69) is 64.5 Å². The Bertz CT molecular complexity index is 2260. The quantitative estimate of drug-likeness (QED) is 0.0157. The highest BCUT2D eigenvalue weighted by Gasteiger charge is 2.39. The van der Waals surface area contributed by atoms with Gasteiger partial charge in [-0.2, -0.15) is 0 Å². The summed E-state index contributed by atoms with van der Waals surface area (Å²) >= 11 is 0. The summed E-state index contributed by atoms with van der Waals surface area (Å²) in [6.45, 7) is 11.0. The van der Waals surface area contributed by atoms with E-state index in [0.717, 1.165) is 34.3 Å². The van der Waals surface area contributed by atoms with Gasteiger partial charge < -0.3 is 59.6 Å². The van der Waals surface area contributed by atoms with Gasteiger partial charge in [-0.05, 0) is 63.8 Å². The summed E-state index contributed by atoms with van der Waals surface area (Å²) < 4.78 is 10.3. The summed E-state index contributed by atoms with van der Waals surface area (Å²) in [5.41, 5.74) is 3.74. The number of rotatable bonds is 31. The lowest BCUT2D eigenvalue weighted by Crippen LogP contribution is -2.69. The van der Waals surface area contributed by atoms with E-state index < -0.39 is 115 Å². The lowest BCUT2D eigenvalue weighted by molar-refractivity contribution is -0.146. The SMILES string of the molecule is C=CCN(C(=O)[C@H](NC(=O)OCC1c2ccccc2-c2ccccc21)N[C@@H](C)C=O)[C@H](N[C@@H](C)C=O)C(=O)N[C@@H](N[C@@H](C)C=O)C(=O)N[C@H](N[C@@H](C)C=O)C(=O)N[C@@H](C)C(=O)N[C@H](N[C@@H](C)C=O)C(=O)OC. The fourth-order valence-corrected chi connectivity index (χ4v) is 7.09. The van der Waals surface area contributed by atoms with Crippen molar-refractivity contribution >= 4 is 73.0 Å². The zero-order valence-corrected chi connectivity index (χ0v) is 40.8. The molecule has 25 nitrogen and oxygen atoms in total. The average Bonchev–Trinajstić information content (AvgIpc) is 3.70. The monoisotopic (exact) mass is 1010 g/mol. The molecule has 0 saturated carbocycles. The molecule has 10 N–H and O–H groups in total. The van der Waals surface area contributed by atoms with Crippen LogP contribution >= 0.6 is 0 Å². The molecule has 390 valence electrons. The maximum atomic E-state index is 14.6. The second-order valence-corrected chi connectivity index (χ2v) is 16.6. The van der Waals surface area contributed by atoms with Gasteiger partial charge in [0.1, 0.15) is 44.1 Å². The predicted octanol–water partition coefficient (Wildman–Crippen LogP) is -2.92. The minimum Gasteiger partial charge on any atom is -0.466 e. The van der Waals surface area contributed by atoms with Gasteiger partial charge in [0.15, 0.2) is 30.8 Å². The summed E-state index contributed by atoms with van der Waals surface area (Å²) in [4.78, 5) is 155. The molecule has 11 atom stereocenters. The number of esters is 1. The number of methoxy groups -OCH3 is 1. The van der Waals surface area contributed by atoms with Crippen LogP contribution in [0.2, 0.25) is 0 Å². The second kappa shape index (κ2) is 28.9. The van der Waals surface area contributed by atoms with E-state index in [4.69, 9.17) is 4.74 Å². The first-order valence-corrected chi connectivity index (χ1v) is 22.7. The Morgan fingerprint density at radius 1 is 0.556 bits per heavy atom. The van der Waals surface area contributed by atoms with E-state index in [-0.39, 0.29) is 12.5 Å². The van der Waals surface area contributed by atoms with Crippen LogP contribution in [0.15, 0.2) is 61.2 Å². The van der Waals surface area contributed by atoms with Gasteiger partial charge in [-0.25, -0.2) is 9.59 Å². The summed E-state index contributed by atoms with van der Waals surface area (Å²) in [5, 5.41) is 24.6. The molecule has 2 aromatic rings. The van der Waals surface area contributed by atoms with Gasteiger partial charge >= 0.3 is 12.1 Å². The van der Waals surface area contributed by atoms with Crippen molar-refractivity contribution in [1.82, 2.24) is 58.1 Å². The van der Waals surface area contributed by atoms with Crippen LogP contribution in [0.1, 0.15) is 58.6 Å². The number of nitrogens with zero attached hydrogens (tertiary/aromatic N) is 1. The molecular formula is C47H63N11O14. The number of carbonyl (C=O) groups is 12. The lowest BCUT2D eigenvalue weighted by Gasteiger charge is -2.36. The predicted molar refractivity (Wildman–Crippen MR) is 256 cm³/mol. The highest BCUT2D eigenvalue weighted by molar-refractivity contribution is 5.97. The maximum absolute atomic E-state index is 14.6. The molecule has 72 heavy (non-hydrogen) atoms. The molecule has 25 heteroatoms. The van der Waals surface area contributed by atoms with Crippen LogP contribution < -0.4 is 53.2 Å². The number of ether oxygens (including phenoxy) is 2. The smallest absolute Gasteiger partial charge is 0.408 e. The minimum absolute atomic E-state index is 0.155. The van der Waals surface area contributed by atoms with Crippen molar-refractivity contribution in [1.29, 1.82) is 0 Å². The number of fused-ring (bicyclic) bond motifs is 3. The van der Waals surface area contributed by atoms with E-state index in [1.807, 2.05) is 48.5 Å². The molecule has 1 aliphatic carbocycles. The van der Waals surface area contributed by atoms with Crippen LogP contribution in [0.5, 0.6) is 0 Å². The Kier molecular flexibility index (Phi) is 23.6. The Hall–Kier alpha value is -7.58. The van der Waals surface area contributed by atoms with E-state index in [1.165, 1.54) is 47.6 Å². The molecule has 2 aromatic carbocycles. The summed E-state index contributed by atoms with van der Waals surface area (Å²) in [7, 11) is 1.03. The van der Waals surface area contributed by atoms with E-state index in [1.54, 1.807) is 0 Å². The van der Waals surface area contributed by atoms with Crippen molar-refractivity contribution in [3.05, 3.63) is 72.3 Å². The number of hydrogen-bond acceptors (Lipinski definition) is 19. The molecule has 1 aliphatic rings. The topological polar surface area (TPSA) is 347 Å². The minimum atomic E-state index is -1.94. The van der Waals surface area contributed by atoms with Gasteiger partial charge in [-0.15, -0.1) is 6.58 Å². The molecule has 6 amide bonds. The normalized spacial score (nSPS) is 16.2. The molecular weight excluding hydrogens is 943 g/mol. The third-order valence-electron chi connectivity index (χ3n) is 10.8. The summed E-state index contributed by atoms with van der Waals surface area (Å²) in [6.07, 6.45) is -6.79. The number of nitrogens with one attached hydrogen (secondary N) is 10. The standard InChI is InChI=1S/C47H63N11O14/c1-9-18-58(45(68)38(50-27(4)21-61)57-47(70)72-24-35-33-16-12-10-14-31(33)32-15-11-13-17-34(32)35)40(52-29(6)23-63)44(67)55-37(49-26(3)20-60)43(66)54-36(48-25(2)19-59)42(65)53-30(7)41(64)56-39(46(69)71-8)51-28(5)22-62/h9-17,19-23,25-30,35-40,48-52H,1,18,24H2,2-8H3,(H,53,65)(H,54,66)(H,55,67)(H,56,64)(H,57,70)/t25-,26-,27-,28-,29-,30-,36-,37+,38-,39-,40-/m0/s1. The number of benzene rings is 2. The number of amides is 6. The van der Waals surface area contributed by atoms with Crippen LogP contribution in [0.4, 0.5) is 4.79 Å². The molecule has 0 heterocycles. The van der Waals surface area contributed by atoms with Gasteiger partial charge in [0.2, 0.25) is 5.91 Å². The first kappa shape index (κ1) is 58.7. The van der Waals surface area contributed by atoms with Crippen LogP contribution in [0, 0.1) is 0 Å². The molecule has 0 bridgehead atoms. The number of alkyl carbamates (subject to hydrolysis) is 1. The highest BCUT2D eigenvalue weighted by atomic mass is 16.5. The summed E-state index contributed by atoms with van der Waals surface area (Å²) in [5.74, 6) is -6.91. The third kappa shape index (κ3) is 16.8. The first-order valence-electron chi connectivity index (χ1n) is 22.7. The van der Waals surface area contributed by atoms with E-state index in [9.17, 15) is 57.5 Å². The molecule has 0 fully saturated rings. The molecule has 0 aliphatic heterocycles. The zero-order chi connectivity index (χ0) is 53.7. The highest BCUT2D eigenvalue weighted by Crippen LogP contribution is 2.44. The Morgan fingerprint density at radius 3 is 1.44 bits per heavy atom. The number of aldehydes is 5. The number of carbonyl (C=O) groups excluding carboxylic acids is 12. The Morgan fingerprint density at radius 2 is 0.972 bits per heavy atom. The third-order valence-corrected chi connectivity index (χ3v) is 10.8. The molecule has 3 rings (SSSR count). The van der Waals surface area contributed by atoms with Crippen molar-refractivity contribution in [2.75, 3.05) is 20.3 Å². The summed E-state index contributed by atoms with van der Waals surface area (Å²) in [6, 6.07) is 8.29.